The molecule has 3 N–H and O–H groups in total. The van der Waals surface area contributed by atoms with E-state index in [0.717, 1.165) is 6.07 Å². The number of amidine groups is 1. The molecule has 1 aromatic carbocycles. The number of pyridine rings is 1. The number of anilines is 2. The summed E-state index contributed by atoms with van der Waals surface area (Å²) < 4.78 is 13.3. The van der Waals surface area contributed by atoms with Crippen LogP contribution in [0.3, 0.4) is 0 Å². The Kier molecular flexibility index (Phi) is 4.08. The van der Waals surface area contributed by atoms with E-state index in [4.69, 9.17) is 17.0 Å². The second kappa shape index (κ2) is 6.06. The lowest BCUT2D eigenvalue weighted by molar-refractivity contribution is 0.312. The van der Waals surface area contributed by atoms with Crippen LogP contribution in [0.4, 0.5) is 16.0 Å². The van der Waals surface area contributed by atoms with Gasteiger partial charge in [0, 0.05) is 25.9 Å². The third-order valence-electron chi connectivity index (χ3n) is 3.42. The van der Waals surface area contributed by atoms with Gasteiger partial charge < -0.3 is 9.88 Å². The number of benzene rings is 1. The number of aromatic amines is 1. The highest BCUT2D eigenvalue weighted by molar-refractivity contribution is 6.31. The van der Waals surface area contributed by atoms with Crippen LogP contribution >= 0.6 is 11.6 Å². The maximum Gasteiger partial charge on any atom is 0.204 e. The number of hydrogen-bond donors (Lipinski definition) is 3. The highest BCUT2D eigenvalue weighted by atomic mass is 35.5. The van der Waals surface area contributed by atoms with Crippen molar-refractivity contribution < 1.29 is 9.60 Å². The van der Waals surface area contributed by atoms with Crippen molar-refractivity contribution in [3.8, 4) is 0 Å². The number of hydroxylamine groups is 1. The van der Waals surface area contributed by atoms with Crippen LogP contribution in [0.25, 0.3) is 11.2 Å². The Morgan fingerprint density at radius 2 is 2.08 bits per heavy atom. The van der Waals surface area contributed by atoms with Gasteiger partial charge in [0.15, 0.2) is 11.5 Å². The average Bonchev–Trinajstić information content (AvgIpc) is 3.00. The van der Waals surface area contributed by atoms with E-state index in [9.17, 15) is 9.60 Å². The van der Waals surface area contributed by atoms with Gasteiger partial charge in [-0.3, -0.25) is 10.6 Å². The number of aromatic nitrogens is 3. The minimum atomic E-state index is -0.601. The molecule has 24 heavy (non-hydrogen) atoms. The van der Waals surface area contributed by atoms with Gasteiger partial charge in [-0.2, -0.15) is 4.98 Å². The van der Waals surface area contributed by atoms with Crippen molar-refractivity contribution >= 4 is 40.2 Å². The van der Waals surface area contributed by atoms with Gasteiger partial charge in [0.05, 0.1) is 16.2 Å². The summed E-state index contributed by atoms with van der Waals surface area (Å²) in [4.78, 5) is 13.3. The Labute approximate surface area is 141 Å². The van der Waals surface area contributed by atoms with Crippen molar-refractivity contribution in [3.05, 3.63) is 46.9 Å². The zero-order valence-corrected chi connectivity index (χ0v) is 13.6. The molecular weight excluding hydrogens is 335 g/mol. The summed E-state index contributed by atoms with van der Waals surface area (Å²) in [6, 6.07) is 5.27. The molecule has 3 aromatic rings. The van der Waals surface area contributed by atoms with E-state index in [2.05, 4.69) is 15.0 Å². The second-order valence-corrected chi connectivity index (χ2v) is 5.68. The number of nitrogens with one attached hydrogen (secondary N) is 2. The van der Waals surface area contributed by atoms with Crippen molar-refractivity contribution in [2.75, 3.05) is 24.1 Å². The molecule has 2 aromatic heterocycles. The lowest BCUT2D eigenvalue weighted by Gasteiger charge is -2.18. The van der Waals surface area contributed by atoms with Crippen molar-refractivity contribution in [2.24, 2.45) is 0 Å². The van der Waals surface area contributed by atoms with Crippen LogP contribution in [0, 0.1) is 11.2 Å². The van der Waals surface area contributed by atoms with E-state index in [-0.39, 0.29) is 16.5 Å². The first-order valence-electron chi connectivity index (χ1n) is 6.93. The number of halogens is 2. The zero-order valence-electron chi connectivity index (χ0n) is 12.9. The van der Waals surface area contributed by atoms with Crippen LogP contribution in [0.15, 0.2) is 30.5 Å². The Bertz CT molecular complexity index is 925. The van der Waals surface area contributed by atoms with Crippen LogP contribution < -0.4 is 9.96 Å². The van der Waals surface area contributed by atoms with Gasteiger partial charge in [-0.1, -0.05) is 11.6 Å². The SMILES string of the molecule is CN(C)c1nc2nccc(C(=N)N(O)c3ccc(F)c(Cl)c3)c2[nH]1. The number of nitrogens with zero attached hydrogens (tertiary/aromatic N) is 4. The topological polar surface area (TPSA) is 92.1 Å². The molecule has 0 aliphatic carbocycles. The zero-order chi connectivity index (χ0) is 17.4. The molecule has 0 atom stereocenters. The molecule has 7 nitrogen and oxygen atoms in total. The lowest BCUT2D eigenvalue weighted by atomic mass is 10.2. The molecule has 2 heterocycles. The van der Waals surface area contributed by atoms with E-state index in [1.165, 1.54) is 18.3 Å². The molecule has 124 valence electrons. The van der Waals surface area contributed by atoms with Gasteiger partial charge in [-0.05, 0) is 24.3 Å². The predicted molar refractivity (Wildman–Crippen MR) is 90.7 cm³/mol. The minimum absolute atomic E-state index is 0.143. The molecular formula is C15H14ClFN6O. The Balaban J connectivity index is 2.02. The first-order valence-corrected chi connectivity index (χ1v) is 7.31. The van der Waals surface area contributed by atoms with Crippen LogP contribution in [-0.2, 0) is 0 Å². The largest absolute Gasteiger partial charge is 0.348 e. The molecule has 0 amide bonds. The van der Waals surface area contributed by atoms with Gasteiger partial charge in [-0.25, -0.2) is 14.4 Å². The molecule has 9 heteroatoms. The summed E-state index contributed by atoms with van der Waals surface area (Å²) in [5.41, 5.74) is 1.50. The second-order valence-electron chi connectivity index (χ2n) is 5.27. The van der Waals surface area contributed by atoms with Crippen LogP contribution in [0.5, 0.6) is 0 Å². The molecule has 0 radical (unpaired) electrons. The Morgan fingerprint density at radius 3 is 2.75 bits per heavy atom. The number of H-pyrrole nitrogens is 1. The number of fused-ring (bicyclic) bond motifs is 1. The van der Waals surface area contributed by atoms with Crippen molar-refractivity contribution in [1.82, 2.24) is 15.0 Å². The molecule has 3 rings (SSSR count). The normalized spacial score (nSPS) is 10.9. The van der Waals surface area contributed by atoms with Crippen molar-refractivity contribution in [3.63, 3.8) is 0 Å². The molecule has 0 unspecified atom stereocenters. The summed E-state index contributed by atoms with van der Waals surface area (Å²) in [7, 11) is 3.64. The molecule has 0 bridgehead atoms. The van der Waals surface area contributed by atoms with E-state index in [1.54, 1.807) is 11.0 Å². The van der Waals surface area contributed by atoms with Gasteiger partial charge in [-0.15, -0.1) is 0 Å². The molecule has 0 saturated heterocycles. The third kappa shape index (κ3) is 2.77. The number of rotatable bonds is 3. The summed E-state index contributed by atoms with van der Waals surface area (Å²) in [6.45, 7) is 0. The van der Waals surface area contributed by atoms with Crippen LogP contribution in [0.1, 0.15) is 5.56 Å². The monoisotopic (exact) mass is 348 g/mol. The van der Waals surface area contributed by atoms with Crippen molar-refractivity contribution in [1.29, 1.82) is 5.41 Å². The molecule has 0 fully saturated rings. The number of imidazole rings is 1. The predicted octanol–water partition coefficient (Wildman–Crippen LogP) is 3.04. The van der Waals surface area contributed by atoms with E-state index < -0.39 is 5.82 Å². The summed E-state index contributed by atoms with van der Waals surface area (Å²) in [5.74, 6) is -0.248. The highest BCUT2D eigenvalue weighted by Gasteiger charge is 2.18. The van der Waals surface area contributed by atoms with Crippen LogP contribution in [0.2, 0.25) is 5.02 Å². The van der Waals surface area contributed by atoms with Gasteiger partial charge >= 0.3 is 0 Å². The Hall–Kier alpha value is -2.71. The fourth-order valence-electron chi connectivity index (χ4n) is 2.17. The first-order chi connectivity index (χ1) is 11.4. The van der Waals surface area contributed by atoms with Crippen molar-refractivity contribution in [2.45, 2.75) is 0 Å². The summed E-state index contributed by atoms with van der Waals surface area (Å²) >= 11 is 5.73. The first kappa shape index (κ1) is 16.2. The fourth-order valence-corrected chi connectivity index (χ4v) is 2.34. The van der Waals surface area contributed by atoms with Gasteiger partial charge in [0.1, 0.15) is 5.82 Å². The standard InChI is InChI=1S/C15H14ClFN6O/c1-22(2)15-20-12-9(5-6-19-14(12)21-15)13(18)23(24)8-3-4-11(17)10(16)7-8/h3-7,18,24H,1-2H3,(H,19,20,21). The molecule has 0 spiro atoms. The maximum absolute atomic E-state index is 13.3. The lowest BCUT2D eigenvalue weighted by Crippen LogP contribution is -2.27. The molecule has 0 aliphatic heterocycles. The smallest absolute Gasteiger partial charge is 0.204 e. The van der Waals surface area contributed by atoms with E-state index in [1.807, 2.05) is 14.1 Å². The third-order valence-corrected chi connectivity index (χ3v) is 3.71. The van der Waals surface area contributed by atoms with E-state index in [0.29, 0.717) is 27.7 Å². The quantitative estimate of drug-likeness (QED) is 0.384. The molecule has 0 aliphatic rings. The van der Waals surface area contributed by atoms with E-state index >= 15 is 0 Å². The summed E-state index contributed by atoms with van der Waals surface area (Å²) in [6.07, 6.45) is 1.50. The van der Waals surface area contributed by atoms with Crippen LogP contribution in [-0.4, -0.2) is 40.1 Å². The molecule has 0 saturated carbocycles. The average molecular weight is 349 g/mol. The Morgan fingerprint density at radius 1 is 1.33 bits per heavy atom. The van der Waals surface area contributed by atoms with Gasteiger partial charge in [0.25, 0.3) is 0 Å². The minimum Gasteiger partial charge on any atom is -0.348 e. The summed E-state index contributed by atoms with van der Waals surface area (Å²) in [5, 5.41) is 19.0. The number of hydrogen-bond acceptors (Lipinski definition) is 5. The van der Waals surface area contributed by atoms with Gasteiger partial charge in [0.2, 0.25) is 5.95 Å². The maximum atomic E-state index is 13.3. The highest BCUT2D eigenvalue weighted by Crippen LogP contribution is 2.25. The fraction of sp³-hybridized carbons (Fsp3) is 0.133.